The predicted molar refractivity (Wildman–Crippen MR) is 62.3 cm³/mol. The summed E-state index contributed by atoms with van der Waals surface area (Å²) in [6.45, 7) is 2.88. The molecule has 0 spiro atoms. The zero-order valence-corrected chi connectivity index (χ0v) is 9.00. The first-order valence-corrected chi connectivity index (χ1v) is 5.57. The third kappa shape index (κ3) is 3.02. The molecule has 15 heavy (non-hydrogen) atoms. The summed E-state index contributed by atoms with van der Waals surface area (Å²) in [4.78, 5) is 0. The molecule has 0 bridgehead atoms. The fourth-order valence-corrected chi connectivity index (χ4v) is 1.92. The van der Waals surface area contributed by atoms with E-state index in [2.05, 4.69) is 34.9 Å². The third-order valence-corrected chi connectivity index (χ3v) is 2.98. The van der Waals surface area contributed by atoms with Crippen molar-refractivity contribution in [3.8, 4) is 0 Å². The molecule has 0 saturated carbocycles. The smallest absolute Gasteiger partial charge is 0.0689 e. The molecule has 1 saturated heterocycles. The van der Waals surface area contributed by atoms with Gasteiger partial charge in [-0.25, -0.2) is 0 Å². The molecule has 1 heterocycles. The SMILES string of the molecule is NC1(NCc2ccccc2)CCNCC1. The van der Waals surface area contributed by atoms with Crippen LogP contribution < -0.4 is 16.4 Å². The summed E-state index contributed by atoms with van der Waals surface area (Å²) in [5.41, 5.74) is 7.37. The fourth-order valence-electron chi connectivity index (χ4n) is 1.92. The number of rotatable bonds is 3. The van der Waals surface area contributed by atoms with Crippen LogP contribution in [-0.2, 0) is 6.54 Å². The second-order valence-electron chi connectivity index (χ2n) is 4.25. The number of benzene rings is 1. The number of hydrogen-bond acceptors (Lipinski definition) is 3. The van der Waals surface area contributed by atoms with Crippen molar-refractivity contribution in [1.29, 1.82) is 0 Å². The van der Waals surface area contributed by atoms with Crippen LogP contribution in [0.4, 0.5) is 0 Å². The molecule has 1 aromatic carbocycles. The summed E-state index contributed by atoms with van der Waals surface area (Å²) in [6.07, 6.45) is 2.00. The van der Waals surface area contributed by atoms with Crippen LogP contribution in [0.15, 0.2) is 30.3 Å². The molecule has 3 heteroatoms. The molecular formula is C12H19N3. The molecule has 1 fully saturated rings. The number of piperidine rings is 1. The lowest BCUT2D eigenvalue weighted by molar-refractivity contribution is 0.249. The van der Waals surface area contributed by atoms with Crippen LogP contribution in [0, 0.1) is 0 Å². The zero-order chi connectivity index (χ0) is 10.6. The Kier molecular flexibility index (Phi) is 3.36. The Morgan fingerprint density at radius 3 is 2.53 bits per heavy atom. The van der Waals surface area contributed by atoms with Crippen molar-refractivity contribution in [3.05, 3.63) is 35.9 Å². The standard InChI is InChI=1S/C12H19N3/c13-12(6-8-14-9-7-12)15-10-11-4-2-1-3-5-11/h1-5,14-15H,6-10,13H2. The molecular weight excluding hydrogens is 186 g/mol. The van der Waals surface area contributed by atoms with E-state index in [0.717, 1.165) is 32.5 Å². The maximum atomic E-state index is 6.26. The second-order valence-corrected chi connectivity index (χ2v) is 4.25. The summed E-state index contributed by atoms with van der Waals surface area (Å²) in [5, 5.41) is 6.77. The van der Waals surface area contributed by atoms with Gasteiger partial charge in [-0.2, -0.15) is 0 Å². The van der Waals surface area contributed by atoms with Crippen LogP contribution in [0.3, 0.4) is 0 Å². The first kappa shape index (κ1) is 10.6. The highest BCUT2D eigenvalue weighted by molar-refractivity contribution is 5.14. The van der Waals surface area contributed by atoms with E-state index in [1.165, 1.54) is 5.56 Å². The van der Waals surface area contributed by atoms with Crippen LogP contribution in [0.5, 0.6) is 0 Å². The Labute approximate surface area is 91.1 Å². The molecule has 1 aliphatic rings. The van der Waals surface area contributed by atoms with Gasteiger partial charge in [0.25, 0.3) is 0 Å². The van der Waals surface area contributed by atoms with Gasteiger partial charge in [0.15, 0.2) is 0 Å². The van der Waals surface area contributed by atoms with Gasteiger partial charge in [-0.15, -0.1) is 0 Å². The summed E-state index contributed by atoms with van der Waals surface area (Å²) in [6, 6.07) is 10.4. The lowest BCUT2D eigenvalue weighted by Gasteiger charge is -2.35. The van der Waals surface area contributed by atoms with Crippen LogP contribution in [0.1, 0.15) is 18.4 Å². The van der Waals surface area contributed by atoms with Crippen molar-refractivity contribution in [2.75, 3.05) is 13.1 Å². The molecule has 0 amide bonds. The van der Waals surface area contributed by atoms with Gasteiger partial charge in [-0.3, -0.25) is 5.32 Å². The lowest BCUT2D eigenvalue weighted by atomic mass is 9.99. The molecule has 0 radical (unpaired) electrons. The topological polar surface area (TPSA) is 50.1 Å². The molecule has 3 nitrogen and oxygen atoms in total. The minimum atomic E-state index is -0.179. The van der Waals surface area contributed by atoms with Gasteiger partial charge in [-0.1, -0.05) is 30.3 Å². The summed E-state index contributed by atoms with van der Waals surface area (Å²) >= 11 is 0. The zero-order valence-electron chi connectivity index (χ0n) is 9.00. The van der Waals surface area contributed by atoms with Gasteiger partial charge >= 0.3 is 0 Å². The molecule has 0 unspecified atom stereocenters. The first-order valence-electron chi connectivity index (χ1n) is 5.57. The maximum Gasteiger partial charge on any atom is 0.0689 e. The van der Waals surface area contributed by atoms with Gasteiger partial charge in [0.05, 0.1) is 5.66 Å². The van der Waals surface area contributed by atoms with Crippen molar-refractivity contribution < 1.29 is 0 Å². The third-order valence-electron chi connectivity index (χ3n) is 2.98. The van der Waals surface area contributed by atoms with Crippen molar-refractivity contribution >= 4 is 0 Å². The van der Waals surface area contributed by atoms with Gasteiger partial charge in [0.2, 0.25) is 0 Å². The van der Waals surface area contributed by atoms with E-state index in [4.69, 9.17) is 5.73 Å². The average molecular weight is 205 g/mol. The van der Waals surface area contributed by atoms with E-state index in [9.17, 15) is 0 Å². The minimum absolute atomic E-state index is 0.179. The largest absolute Gasteiger partial charge is 0.316 e. The fraction of sp³-hybridized carbons (Fsp3) is 0.500. The van der Waals surface area contributed by atoms with E-state index in [0.29, 0.717) is 0 Å². The monoisotopic (exact) mass is 205 g/mol. The summed E-state index contributed by atoms with van der Waals surface area (Å²) in [7, 11) is 0. The summed E-state index contributed by atoms with van der Waals surface area (Å²) in [5.74, 6) is 0. The quantitative estimate of drug-likeness (QED) is 0.640. The highest BCUT2D eigenvalue weighted by Crippen LogP contribution is 2.12. The molecule has 1 aliphatic heterocycles. The van der Waals surface area contributed by atoms with Crippen molar-refractivity contribution in [2.24, 2.45) is 5.73 Å². The molecule has 2 rings (SSSR count). The van der Waals surface area contributed by atoms with Gasteiger partial charge in [-0.05, 0) is 31.5 Å². The van der Waals surface area contributed by atoms with Crippen LogP contribution in [-0.4, -0.2) is 18.8 Å². The van der Waals surface area contributed by atoms with Crippen LogP contribution >= 0.6 is 0 Å². The molecule has 0 aliphatic carbocycles. The van der Waals surface area contributed by atoms with Gasteiger partial charge < -0.3 is 11.1 Å². The molecule has 4 N–H and O–H groups in total. The lowest BCUT2D eigenvalue weighted by Crippen LogP contribution is -2.58. The van der Waals surface area contributed by atoms with Crippen LogP contribution in [0.25, 0.3) is 0 Å². The summed E-state index contributed by atoms with van der Waals surface area (Å²) < 4.78 is 0. The van der Waals surface area contributed by atoms with Crippen molar-refractivity contribution in [2.45, 2.75) is 25.0 Å². The number of nitrogens with two attached hydrogens (primary N) is 1. The van der Waals surface area contributed by atoms with E-state index >= 15 is 0 Å². The number of hydrogen-bond donors (Lipinski definition) is 3. The maximum absolute atomic E-state index is 6.26. The number of nitrogens with one attached hydrogen (secondary N) is 2. The van der Waals surface area contributed by atoms with E-state index < -0.39 is 0 Å². The highest BCUT2D eigenvalue weighted by Gasteiger charge is 2.25. The van der Waals surface area contributed by atoms with E-state index in [1.54, 1.807) is 0 Å². The van der Waals surface area contributed by atoms with Crippen LogP contribution in [0.2, 0.25) is 0 Å². The predicted octanol–water partition coefficient (Wildman–Crippen LogP) is 0.815. The van der Waals surface area contributed by atoms with Gasteiger partial charge in [0.1, 0.15) is 0 Å². The molecule has 82 valence electrons. The second kappa shape index (κ2) is 4.75. The first-order chi connectivity index (χ1) is 7.29. The molecule has 1 aromatic rings. The van der Waals surface area contributed by atoms with Crippen molar-refractivity contribution in [3.63, 3.8) is 0 Å². The Hall–Kier alpha value is -0.900. The average Bonchev–Trinajstić information content (AvgIpc) is 2.29. The Morgan fingerprint density at radius 2 is 1.87 bits per heavy atom. The Bertz CT molecular complexity index is 291. The van der Waals surface area contributed by atoms with E-state index in [-0.39, 0.29) is 5.66 Å². The molecule has 0 aromatic heterocycles. The molecule has 0 atom stereocenters. The van der Waals surface area contributed by atoms with Gasteiger partial charge in [0, 0.05) is 6.54 Å². The van der Waals surface area contributed by atoms with Crippen molar-refractivity contribution in [1.82, 2.24) is 10.6 Å². The van der Waals surface area contributed by atoms with E-state index in [1.807, 2.05) is 6.07 Å². The Morgan fingerprint density at radius 1 is 1.20 bits per heavy atom. The normalized spacial score (nSPS) is 20.1. The highest BCUT2D eigenvalue weighted by atomic mass is 15.1. The Balaban J connectivity index is 1.87. The minimum Gasteiger partial charge on any atom is -0.316 e.